The highest BCUT2D eigenvalue weighted by Crippen LogP contribution is 2.22. The van der Waals surface area contributed by atoms with Crippen molar-refractivity contribution in [2.45, 2.75) is 52.1 Å². The van der Waals surface area contributed by atoms with Crippen molar-refractivity contribution in [2.24, 2.45) is 11.8 Å². The molecule has 0 spiro atoms. The molecule has 1 aliphatic rings. The van der Waals surface area contributed by atoms with Gasteiger partial charge in [0, 0.05) is 18.0 Å². The quantitative estimate of drug-likeness (QED) is 0.824. The number of methoxy groups -OCH3 is 1. The van der Waals surface area contributed by atoms with E-state index < -0.39 is 0 Å². The van der Waals surface area contributed by atoms with Crippen molar-refractivity contribution in [3.05, 3.63) is 29.8 Å². The first-order valence-electron chi connectivity index (χ1n) is 8.67. The summed E-state index contributed by atoms with van der Waals surface area (Å²) in [6, 6.07) is 8.60. The number of carbonyl (C=O) groups is 1. The average molecular weight is 355 g/mol. The van der Waals surface area contributed by atoms with Gasteiger partial charge in [-0.2, -0.15) is 0 Å². The van der Waals surface area contributed by atoms with Gasteiger partial charge in [-0.05, 0) is 50.3 Å². The fourth-order valence-electron chi connectivity index (χ4n) is 3.23. The molecule has 1 fully saturated rings. The number of ether oxygens (including phenoxy) is 1. The summed E-state index contributed by atoms with van der Waals surface area (Å²) in [4.78, 5) is 12.6. The molecule has 2 rings (SSSR count). The lowest BCUT2D eigenvalue weighted by Crippen LogP contribution is -2.47. The minimum atomic E-state index is 0. The van der Waals surface area contributed by atoms with Gasteiger partial charge in [0.25, 0.3) is 0 Å². The van der Waals surface area contributed by atoms with Crippen LogP contribution in [0.25, 0.3) is 0 Å². The van der Waals surface area contributed by atoms with Gasteiger partial charge in [0.05, 0.1) is 7.11 Å². The Labute approximate surface area is 152 Å². The molecule has 2 N–H and O–H groups in total. The molecule has 1 heterocycles. The number of hydrogen-bond donors (Lipinski definition) is 2. The molecule has 1 aromatic carbocycles. The van der Waals surface area contributed by atoms with E-state index in [0.29, 0.717) is 12.0 Å². The SMILES string of the molecule is COc1ccccc1CC(NC(=O)[C@H]1CCN[C@@H](C)C1)C(C)C.Cl. The van der Waals surface area contributed by atoms with Gasteiger partial charge in [0.1, 0.15) is 5.75 Å². The molecule has 0 aromatic heterocycles. The Morgan fingerprint density at radius 2 is 2.08 bits per heavy atom. The van der Waals surface area contributed by atoms with Crippen LogP contribution in [-0.2, 0) is 11.2 Å². The highest BCUT2D eigenvalue weighted by atomic mass is 35.5. The Kier molecular flexibility index (Phi) is 8.57. The Hall–Kier alpha value is -1.26. The number of para-hydroxylation sites is 1. The van der Waals surface area contributed by atoms with Crippen LogP contribution in [0.15, 0.2) is 24.3 Å². The Morgan fingerprint density at radius 1 is 1.38 bits per heavy atom. The lowest BCUT2D eigenvalue weighted by molar-refractivity contribution is -0.127. The number of halogens is 1. The fraction of sp³-hybridized carbons (Fsp3) is 0.632. The van der Waals surface area contributed by atoms with E-state index in [1.54, 1.807) is 7.11 Å². The van der Waals surface area contributed by atoms with Crippen LogP contribution in [-0.4, -0.2) is 31.6 Å². The maximum Gasteiger partial charge on any atom is 0.223 e. The summed E-state index contributed by atoms with van der Waals surface area (Å²) in [5, 5.41) is 6.69. The smallest absolute Gasteiger partial charge is 0.223 e. The maximum absolute atomic E-state index is 12.6. The molecule has 3 atom stereocenters. The molecular formula is C19H31ClN2O2. The third-order valence-electron chi connectivity index (χ3n) is 4.76. The normalized spacial score (nSPS) is 21.7. The number of nitrogens with one attached hydrogen (secondary N) is 2. The van der Waals surface area contributed by atoms with E-state index in [9.17, 15) is 4.79 Å². The van der Waals surface area contributed by atoms with Crippen LogP contribution in [0.2, 0.25) is 0 Å². The summed E-state index contributed by atoms with van der Waals surface area (Å²) in [5.41, 5.74) is 1.15. The van der Waals surface area contributed by atoms with Crippen LogP contribution >= 0.6 is 12.4 Å². The van der Waals surface area contributed by atoms with Crippen LogP contribution in [0, 0.1) is 11.8 Å². The molecule has 24 heavy (non-hydrogen) atoms. The Morgan fingerprint density at radius 3 is 2.71 bits per heavy atom. The third kappa shape index (κ3) is 5.67. The predicted molar refractivity (Wildman–Crippen MR) is 101 cm³/mol. The first kappa shape index (κ1) is 20.8. The number of benzene rings is 1. The monoisotopic (exact) mass is 354 g/mol. The lowest BCUT2D eigenvalue weighted by Gasteiger charge is -2.30. The molecule has 0 bridgehead atoms. The second kappa shape index (κ2) is 9.90. The van der Waals surface area contributed by atoms with Crippen LogP contribution in [0.4, 0.5) is 0 Å². The summed E-state index contributed by atoms with van der Waals surface area (Å²) in [7, 11) is 1.69. The van der Waals surface area contributed by atoms with E-state index in [-0.39, 0.29) is 30.3 Å². The van der Waals surface area contributed by atoms with Crippen LogP contribution in [0.5, 0.6) is 5.75 Å². The molecular weight excluding hydrogens is 324 g/mol. The molecule has 4 nitrogen and oxygen atoms in total. The van der Waals surface area contributed by atoms with E-state index in [1.807, 2.05) is 18.2 Å². The summed E-state index contributed by atoms with van der Waals surface area (Å²) < 4.78 is 5.44. The topological polar surface area (TPSA) is 50.4 Å². The summed E-state index contributed by atoms with van der Waals surface area (Å²) >= 11 is 0. The van der Waals surface area contributed by atoms with Crippen LogP contribution < -0.4 is 15.4 Å². The van der Waals surface area contributed by atoms with Gasteiger partial charge in [-0.15, -0.1) is 12.4 Å². The zero-order valence-corrected chi connectivity index (χ0v) is 16.0. The van der Waals surface area contributed by atoms with Gasteiger partial charge in [0.15, 0.2) is 0 Å². The van der Waals surface area contributed by atoms with Gasteiger partial charge in [-0.25, -0.2) is 0 Å². The molecule has 0 radical (unpaired) electrons. The minimum Gasteiger partial charge on any atom is -0.496 e. The standard InChI is InChI=1S/C19H30N2O2.ClH/c1-13(2)17(12-15-7-5-6-8-18(15)23-4)21-19(22)16-9-10-20-14(3)11-16;/h5-8,13-14,16-17,20H,9-12H2,1-4H3,(H,21,22);1H/t14-,16-,17?;/m0./s1. The van der Waals surface area contributed by atoms with Crippen molar-refractivity contribution in [1.29, 1.82) is 0 Å². The molecule has 1 saturated heterocycles. The van der Waals surface area contributed by atoms with Crippen molar-refractivity contribution >= 4 is 18.3 Å². The third-order valence-corrected chi connectivity index (χ3v) is 4.76. The molecule has 1 amide bonds. The zero-order valence-electron chi connectivity index (χ0n) is 15.2. The fourth-order valence-corrected chi connectivity index (χ4v) is 3.23. The van der Waals surface area contributed by atoms with Crippen molar-refractivity contribution in [3.8, 4) is 5.75 Å². The number of amides is 1. The second-order valence-corrected chi connectivity index (χ2v) is 6.95. The average Bonchev–Trinajstić information content (AvgIpc) is 2.54. The predicted octanol–water partition coefficient (Wildman–Crippen LogP) is 3.19. The number of piperidine rings is 1. The number of hydrogen-bond acceptors (Lipinski definition) is 3. The van der Waals surface area contributed by atoms with E-state index in [0.717, 1.165) is 37.1 Å². The largest absolute Gasteiger partial charge is 0.496 e. The second-order valence-electron chi connectivity index (χ2n) is 6.95. The van der Waals surface area contributed by atoms with Crippen molar-refractivity contribution in [3.63, 3.8) is 0 Å². The maximum atomic E-state index is 12.6. The van der Waals surface area contributed by atoms with Gasteiger partial charge < -0.3 is 15.4 Å². The van der Waals surface area contributed by atoms with Crippen molar-refractivity contribution < 1.29 is 9.53 Å². The molecule has 0 saturated carbocycles. The lowest BCUT2D eigenvalue weighted by atomic mass is 9.90. The zero-order chi connectivity index (χ0) is 16.8. The Bertz CT molecular complexity index is 522. The minimum absolute atomic E-state index is 0. The molecule has 1 unspecified atom stereocenters. The van der Waals surface area contributed by atoms with Gasteiger partial charge >= 0.3 is 0 Å². The van der Waals surface area contributed by atoms with Crippen LogP contribution in [0.3, 0.4) is 0 Å². The first-order chi connectivity index (χ1) is 11.0. The van der Waals surface area contributed by atoms with E-state index in [1.165, 1.54) is 0 Å². The number of carbonyl (C=O) groups excluding carboxylic acids is 1. The van der Waals surface area contributed by atoms with Gasteiger partial charge in [0.2, 0.25) is 5.91 Å². The van der Waals surface area contributed by atoms with Crippen molar-refractivity contribution in [1.82, 2.24) is 10.6 Å². The molecule has 1 aliphatic heterocycles. The highest BCUT2D eigenvalue weighted by Gasteiger charge is 2.27. The molecule has 0 aliphatic carbocycles. The number of rotatable bonds is 6. The first-order valence-corrected chi connectivity index (χ1v) is 8.67. The Balaban J connectivity index is 0.00000288. The summed E-state index contributed by atoms with van der Waals surface area (Å²) in [6.07, 6.45) is 2.65. The highest BCUT2D eigenvalue weighted by molar-refractivity contribution is 5.85. The van der Waals surface area contributed by atoms with Crippen LogP contribution in [0.1, 0.15) is 39.2 Å². The van der Waals surface area contributed by atoms with E-state index in [4.69, 9.17) is 4.74 Å². The molecule has 1 aromatic rings. The van der Waals surface area contributed by atoms with Gasteiger partial charge in [-0.3, -0.25) is 4.79 Å². The van der Waals surface area contributed by atoms with E-state index in [2.05, 4.69) is 37.5 Å². The van der Waals surface area contributed by atoms with Gasteiger partial charge in [-0.1, -0.05) is 32.0 Å². The van der Waals surface area contributed by atoms with E-state index >= 15 is 0 Å². The molecule has 5 heteroatoms. The summed E-state index contributed by atoms with van der Waals surface area (Å²) in [6.45, 7) is 7.39. The molecule has 136 valence electrons. The summed E-state index contributed by atoms with van der Waals surface area (Å²) in [5.74, 6) is 1.60. The van der Waals surface area contributed by atoms with Crippen molar-refractivity contribution in [2.75, 3.05) is 13.7 Å².